The highest BCUT2D eigenvalue weighted by Gasteiger charge is 2.20. The molecule has 0 radical (unpaired) electrons. The molecular weight excluding hydrogens is 372 g/mol. The van der Waals surface area contributed by atoms with Gasteiger partial charge in [-0.25, -0.2) is 14.6 Å². The van der Waals surface area contributed by atoms with Crippen LogP contribution in [-0.4, -0.2) is 35.8 Å². The number of nitriles is 1. The lowest BCUT2D eigenvalue weighted by atomic mass is 10.2. The van der Waals surface area contributed by atoms with Gasteiger partial charge in [0.25, 0.3) is 0 Å². The molecule has 1 aliphatic heterocycles. The van der Waals surface area contributed by atoms with Crippen molar-refractivity contribution in [2.24, 2.45) is 7.05 Å². The number of ether oxygens (including phenoxy) is 1. The van der Waals surface area contributed by atoms with Crippen molar-refractivity contribution in [2.75, 3.05) is 22.9 Å². The number of anilines is 4. The van der Waals surface area contributed by atoms with Gasteiger partial charge in [0.05, 0.1) is 12.7 Å². The summed E-state index contributed by atoms with van der Waals surface area (Å²) in [6, 6.07) is 7.34. The summed E-state index contributed by atoms with van der Waals surface area (Å²) in [4.78, 5) is 12.8. The van der Waals surface area contributed by atoms with Gasteiger partial charge in [-0.15, -0.1) is 0 Å². The lowest BCUT2D eigenvalue weighted by Crippen LogP contribution is -2.03. The molecule has 0 fully saturated rings. The molecule has 144 valence electrons. The molecule has 4 aromatic heterocycles. The number of fused-ring (bicyclic) bond motifs is 2. The zero-order chi connectivity index (χ0) is 20.0. The molecule has 0 saturated carbocycles. The highest BCUT2D eigenvalue weighted by Crippen LogP contribution is 2.32. The van der Waals surface area contributed by atoms with Gasteiger partial charge in [0.1, 0.15) is 34.5 Å². The van der Waals surface area contributed by atoms with E-state index in [1.165, 1.54) is 12.4 Å². The van der Waals surface area contributed by atoms with Crippen LogP contribution >= 0.6 is 0 Å². The first kappa shape index (κ1) is 16.8. The van der Waals surface area contributed by atoms with Crippen LogP contribution in [0.1, 0.15) is 5.56 Å². The van der Waals surface area contributed by atoms with E-state index < -0.39 is 0 Å². The maximum Gasteiger partial charge on any atom is 0.210 e. The van der Waals surface area contributed by atoms with Gasteiger partial charge in [0, 0.05) is 31.9 Å². The molecule has 0 atom stereocenters. The average Bonchev–Trinajstić information content (AvgIpc) is 3.37. The minimum Gasteiger partial charge on any atom is -0.454 e. The van der Waals surface area contributed by atoms with Crippen LogP contribution in [0.4, 0.5) is 23.4 Å². The Kier molecular flexibility index (Phi) is 3.70. The number of nitrogens with one attached hydrogen (secondary N) is 2. The van der Waals surface area contributed by atoms with Crippen LogP contribution in [0.5, 0.6) is 11.5 Å². The van der Waals surface area contributed by atoms with Gasteiger partial charge in [-0.3, -0.25) is 0 Å². The summed E-state index contributed by atoms with van der Waals surface area (Å²) in [6.07, 6.45) is 3.01. The third-order valence-corrected chi connectivity index (χ3v) is 4.61. The third-order valence-electron chi connectivity index (χ3n) is 4.61. The summed E-state index contributed by atoms with van der Waals surface area (Å²) < 4.78 is 9.46. The fourth-order valence-electron chi connectivity index (χ4n) is 3.27. The van der Waals surface area contributed by atoms with Crippen molar-refractivity contribution in [3.8, 4) is 17.6 Å². The van der Waals surface area contributed by atoms with Gasteiger partial charge in [-0.2, -0.15) is 15.3 Å². The van der Waals surface area contributed by atoms with Crippen LogP contribution in [0.2, 0.25) is 0 Å². The SMILES string of the molecule is Cn1c(Nc2cc3n(n2)CCN3)nc2ncc(Oc3ccnc(N)c3)c(C#N)c21. The Morgan fingerprint density at radius 1 is 1.34 bits per heavy atom. The van der Waals surface area contributed by atoms with E-state index in [1.54, 1.807) is 23.7 Å². The maximum atomic E-state index is 9.77. The predicted octanol–water partition coefficient (Wildman–Crippen LogP) is 1.98. The molecule has 11 heteroatoms. The third kappa shape index (κ3) is 2.83. The van der Waals surface area contributed by atoms with Crippen molar-refractivity contribution in [1.29, 1.82) is 5.26 Å². The van der Waals surface area contributed by atoms with Gasteiger partial charge in [0.15, 0.2) is 17.2 Å². The molecule has 0 aromatic carbocycles. The van der Waals surface area contributed by atoms with Crippen LogP contribution < -0.4 is 21.1 Å². The maximum absolute atomic E-state index is 9.77. The van der Waals surface area contributed by atoms with Crippen molar-refractivity contribution >= 4 is 34.6 Å². The number of imidazole rings is 1. The smallest absolute Gasteiger partial charge is 0.210 e. The highest BCUT2D eigenvalue weighted by atomic mass is 16.5. The minimum absolute atomic E-state index is 0.310. The Hall–Kier alpha value is -4.33. The van der Waals surface area contributed by atoms with Gasteiger partial charge < -0.3 is 25.7 Å². The summed E-state index contributed by atoms with van der Waals surface area (Å²) in [5, 5.41) is 20.7. The minimum atomic E-state index is 0.310. The Bertz CT molecular complexity index is 1260. The zero-order valence-corrected chi connectivity index (χ0v) is 15.4. The summed E-state index contributed by atoms with van der Waals surface area (Å²) >= 11 is 0. The molecule has 0 unspecified atom stereocenters. The van der Waals surface area contributed by atoms with E-state index in [1.807, 2.05) is 10.7 Å². The van der Waals surface area contributed by atoms with E-state index in [0.29, 0.717) is 45.8 Å². The van der Waals surface area contributed by atoms with Crippen LogP contribution in [0.3, 0.4) is 0 Å². The summed E-state index contributed by atoms with van der Waals surface area (Å²) in [5.74, 6) is 3.23. The normalized spacial score (nSPS) is 12.4. The first-order valence-electron chi connectivity index (χ1n) is 8.86. The molecule has 0 saturated heterocycles. The number of aromatic nitrogens is 6. The second-order valence-corrected chi connectivity index (χ2v) is 6.48. The summed E-state index contributed by atoms with van der Waals surface area (Å²) in [6.45, 7) is 1.69. The van der Waals surface area contributed by atoms with Crippen LogP contribution in [0, 0.1) is 11.3 Å². The van der Waals surface area contributed by atoms with Crippen molar-refractivity contribution in [3.63, 3.8) is 0 Å². The molecule has 0 aliphatic carbocycles. The van der Waals surface area contributed by atoms with Crippen molar-refractivity contribution in [2.45, 2.75) is 6.54 Å². The van der Waals surface area contributed by atoms with E-state index in [4.69, 9.17) is 10.5 Å². The molecule has 5 heterocycles. The van der Waals surface area contributed by atoms with Crippen molar-refractivity contribution in [1.82, 2.24) is 29.3 Å². The fourth-order valence-corrected chi connectivity index (χ4v) is 3.27. The second-order valence-electron chi connectivity index (χ2n) is 6.48. The predicted molar refractivity (Wildman–Crippen MR) is 106 cm³/mol. The first-order chi connectivity index (χ1) is 14.1. The van der Waals surface area contributed by atoms with E-state index in [0.717, 1.165) is 18.9 Å². The number of nitrogen functional groups attached to an aromatic ring is 1. The molecule has 0 spiro atoms. The summed E-state index contributed by atoms with van der Waals surface area (Å²) in [5.41, 5.74) is 7.00. The molecule has 0 bridgehead atoms. The Morgan fingerprint density at radius 2 is 2.24 bits per heavy atom. The topological polar surface area (TPSA) is 145 Å². The number of rotatable bonds is 4. The number of nitrogens with zero attached hydrogens (tertiary/aromatic N) is 7. The van der Waals surface area contributed by atoms with Gasteiger partial charge in [0.2, 0.25) is 5.95 Å². The largest absolute Gasteiger partial charge is 0.454 e. The van der Waals surface area contributed by atoms with Gasteiger partial charge in [-0.05, 0) is 6.07 Å². The highest BCUT2D eigenvalue weighted by molar-refractivity contribution is 5.84. The number of hydrogen-bond acceptors (Lipinski definition) is 9. The zero-order valence-electron chi connectivity index (χ0n) is 15.4. The number of nitrogens with two attached hydrogens (primary N) is 1. The molecule has 1 aliphatic rings. The Labute approximate surface area is 164 Å². The van der Waals surface area contributed by atoms with Crippen molar-refractivity contribution in [3.05, 3.63) is 36.2 Å². The average molecular weight is 388 g/mol. The van der Waals surface area contributed by atoms with E-state index >= 15 is 0 Å². The Morgan fingerprint density at radius 3 is 3.03 bits per heavy atom. The number of hydrogen-bond donors (Lipinski definition) is 3. The number of aryl methyl sites for hydroxylation is 1. The molecule has 4 N–H and O–H groups in total. The summed E-state index contributed by atoms with van der Waals surface area (Å²) in [7, 11) is 1.80. The number of pyridine rings is 2. The lowest BCUT2D eigenvalue weighted by Gasteiger charge is -2.08. The molecule has 5 rings (SSSR count). The van der Waals surface area contributed by atoms with Gasteiger partial charge >= 0.3 is 0 Å². The lowest BCUT2D eigenvalue weighted by molar-refractivity contribution is 0.479. The van der Waals surface area contributed by atoms with Crippen LogP contribution in [-0.2, 0) is 13.6 Å². The molecule has 4 aromatic rings. The quantitative estimate of drug-likeness (QED) is 0.478. The monoisotopic (exact) mass is 388 g/mol. The van der Waals surface area contributed by atoms with E-state index in [-0.39, 0.29) is 0 Å². The van der Waals surface area contributed by atoms with E-state index in [2.05, 4.69) is 36.8 Å². The standard InChI is InChI=1S/C18H16N10O/c1-27-16-11(8-19)12(29-10-2-3-21-13(20)6-10)9-23-17(16)25-18(27)24-14-7-15-22-4-5-28(15)26-14/h2-3,6-7,9,22H,4-5H2,1H3,(H2,20,21)(H,23,24,25,26). The molecule has 11 nitrogen and oxygen atoms in total. The van der Waals surface area contributed by atoms with Gasteiger partial charge in [-0.1, -0.05) is 0 Å². The van der Waals surface area contributed by atoms with E-state index in [9.17, 15) is 5.26 Å². The fraction of sp³-hybridized carbons (Fsp3) is 0.167. The first-order valence-corrected chi connectivity index (χ1v) is 8.86. The molecular formula is C18H16N10O. The Balaban J connectivity index is 1.53. The molecule has 0 amide bonds. The second kappa shape index (κ2) is 6.38. The van der Waals surface area contributed by atoms with Crippen molar-refractivity contribution < 1.29 is 4.74 Å². The molecule has 29 heavy (non-hydrogen) atoms. The van der Waals surface area contributed by atoms with Crippen LogP contribution in [0.15, 0.2) is 30.6 Å². The van der Waals surface area contributed by atoms with Crippen LogP contribution in [0.25, 0.3) is 11.2 Å².